The molecule has 1 atom stereocenters. The molecular formula is C16H24O2. The second-order valence-electron chi connectivity index (χ2n) is 6.56. The lowest BCUT2D eigenvalue weighted by atomic mass is 9.92. The van der Waals surface area contributed by atoms with E-state index < -0.39 is 0 Å². The summed E-state index contributed by atoms with van der Waals surface area (Å²) < 4.78 is 12.0. The van der Waals surface area contributed by atoms with E-state index in [1.165, 1.54) is 16.7 Å². The van der Waals surface area contributed by atoms with Crippen molar-refractivity contribution in [2.75, 3.05) is 0 Å². The summed E-state index contributed by atoms with van der Waals surface area (Å²) in [6, 6.07) is 4.35. The first-order valence-electron chi connectivity index (χ1n) is 6.71. The van der Waals surface area contributed by atoms with Crippen LogP contribution in [0.4, 0.5) is 0 Å². The molecule has 0 radical (unpaired) electrons. The van der Waals surface area contributed by atoms with Gasteiger partial charge in [0.05, 0.1) is 6.61 Å². The van der Waals surface area contributed by atoms with Gasteiger partial charge in [-0.05, 0) is 24.0 Å². The average Bonchev–Trinajstić information content (AvgIpc) is 2.27. The van der Waals surface area contributed by atoms with E-state index in [-0.39, 0.29) is 11.7 Å². The zero-order valence-corrected chi connectivity index (χ0v) is 12.3. The van der Waals surface area contributed by atoms with Crippen LogP contribution in [0.3, 0.4) is 0 Å². The van der Waals surface area contributed by atoms with Crippen LogP contribution in [0.15, 0.2) is 12.1 Å². The van der Waals surface area contributed by atoms with Crippen LogP contribution in [0.5, 0.6) is 5.75 Å². The van der Waals surface area contributed by atoms with E-state index in [1.807, 2.05) is 0 Å². The van der Waals surface area contributed by atoms with Gasteiger partial charge in [0.2, 0.25) is 6.29 Å². The van der Waals surface area contributed by atoms with E-state index in [4.69, 9.17) is 9.47 Å². The van der Waals surface area contributed by atoms with Gasteiger partial charge >= 0.3 is 0 Å². The number of hydrogen-bond donors (Lipinski definition) is 0. The molecule has 2 rings (SSSR count). The number of ether oxygens (including phenoxy) is 2. The molecule has 1 unspecified atom stereocenters. The standard InChI is InChI=1S/C16H24O2/c1-10(2)12-8-7-11(3)13-9-17-15(16(4,5)6)18-14(12)13/h7-8,10,15H,9H2,1-6H3. The lowest BCUT2D eigenvalue weighted by Crippen LogP contribution is -2.38. The van der Waals surface area contributed by atoms with Crippen LogP contribution < -0.4 is 4.74 Å². The summed E-state index contributed by atoms with van der Waals surface area (Å²) in [6.07, 6.45) is -0.163. The molecule has 2 heteroatoms. The van der Waals surface area contributed by atoms with Gasteiger partial charge < -0.3 is 9.47 Å². The molecular weight excluding hydrogens is 224 g/mol. The Morgan fingerprint density at radius 3 is 2.44 bits per heavy atom. The van der Waals surface area contributed by atoms with Crippen molar-refractivity contribution in [1.29, 1.82) is 0 Å². The summed E-state index contributed by atoms with van der Waals surface area (Å²) in [5.41, 5.74) is 3.74. The summed E-state index contributed by atoms with van der Waals surface area (Å²) >= 11 is 0. The molecule has 2 nitrogen and oxygen atoms in total. The van der Waals surface area contributed by atoms with Gasteiger partial charge in [-0.2, -0.15) is 0 Å². The Morgan fingerprint density at radius 2 is 1.89 bits per heavy atom. The third-order valence-electron chi connectivity index (χ3n) is 3.46. The van der Waals surface area contributed by atoms with Gasteiger partial charge in [-0.3, -0.25) is 0 Å². The maximum atomic E-state index is 6.15. The molecule has 1 aliphatic heterocycles. The predicted molar refractivity (Wildman–Crippen MR) is 73.9 cm³/mol. The fraction of sp³-hybridized carbons (Fsp3) is 0.625. The number of aryl methyl sites for hydroxylation is 1. The normalized spacial score (nSPS) is 19.6. The van der Waals surface area contributed by atoms with Gasteiger partial charge in [-0.1, -0.05) is 46.8 Å². The molecule has 0 N–H and O–H groups in total. The summed E-state index contributed by atoms with van der Waals surface area (Å²) in [5, 5.41) is 0. The summed E-state index contributed by atoms with van der Waals surface area (Å²) in [4.78, 5) is 0. The van der Waals surface area contributed by atoms with Crippen molar-refractivity contribution in [2.45, 2.75) is 60.4 Å². The number of benzene rings is 1. The van der Waals surface area contributed by atoms with E-state index in [9.17, 15) is 0 Å². The van der Waals surface area contributed by atoms with Crippen molar-refractivity contribution < 1.29 is 9.47 Å². The molecule has 1 aliphatic rings. The predicted octanol–water partition coefficient (Wildman–Crippen LogP) is 4.40. The Hall–Kier alpha value is -1.02. The molecule has 100 valence electrons. The van der Waals surface area contributed by atoms with Crippen LogP contribution in [0.1, 0.15) is 57.2 Å². The first-order chi connectivity index (χ1) is 8.30. The second kappa shape index (κ2) is 4.58. The highest BCUT2D eigenvalue weighted by Crippen LogP contribution is 2.39. The quantitative estimate of drug-likeness (QED) is 0.733. The fourth-order valence-corrected chi connectivity index (χ4v) is 2.24. The molecule has 1 aromatic rings. The molecule has 0 bridgehead atoms. The van der Waals surface area contributed by atoms with E-state index in [0.29, 0.717) is 12.5 Å². The molecule has 18 heavy (non-hydrogen) atoms. The second-order valence-corrected chi connectivity index (χ2v) is 6.56. The number of fused-ring (bicyclic) bond motifs is 1. The van der Waals surface area contributed by atoms with Gasteiger partial charge in [0.25, 0.3) is 0 Å². The zero-order valence-electron chi connectivity index (χ0n) is 12.3. The molecule has 0 fully saturated rings. The molecule has 0 saturated carbocycles. The van der Waals surface area contributed by atoms with E-state index in [1.54, 1.807) is 0 Å². The summed E-state index contributed by atoms with van der Waals surface area (Å²) in [6.45, 7) is 13.6. The van der Waals surface area contributed by atoms with E-state index >= 15 is 0 Å². The largest absolute Gasteiger partial charge is 0.464 e. The topological polar surface area (TPSA) is 18.5 Å². The Labute approximate surface area is 110 Å². The van der Waals surface area contributed by atoms with Gasteiger partial charge in [-0.25, -0.2) is 0 Å². The lowest BCUT2D eigenvalue weighted by molar-refractivity contribution is -0.164. The Morgan fingerprint density at radius 1 is 1.22 bits per heavy atom. The minimum absolute atomic E-state index is 0.00428. The van der Waals surface area contributed by atoms with Crippen LogP contribution in [0.25, 0.3) is 0 Å². The van der Waals surface area contributed by atoms with Crippen LogP contribution >= 0.6 is 0 Å². The van der Waals surface area contributed by atoms with Gasteiger partial charge in [0.1, 0.15) is 5.75 Å². The molecule has 1 heterocycles. The minimum atomic E-state index is -0.163. The first kappa shape index (κ1) is 13.4. The maximum Gasteiger partial charge on any atom is 0.205 e. The van der Waals surface area contributed by atoms with Gasteiger partial charge in [0, 0.05) is 11.0 Å². The molecule has 0 aliphatic carbocycles. The smallest absolute Gasteiger partial charge is 0.205 e. The SMILES string of the molecule is Cc1ccc(C(C)C)c2c1COC(C(C)(C)C)O2. The van der Waals surface area contributed by atoms with Crippen molar-refractivity contribution in [3.8, 4) is 5.75 Å². The van der Waals surface area contributed by atoms with Crippen LogP contribution in [-0.4, -0.2) is 6.29 Å². The summed E-state index contributed by atoms with van der Waals surface area (Å²) in [7, 11) is 0. The fourth-order valence-electron chi connectivity index (χ4n) is 2.24. The summed E-state index contributed by atoms with van der Waals surface area (Å²) in [5.74, 6) is 1.52. The average molecular weight is 248 g/mol. The Balaban J connectivity index is 2.43. The highest BCUT2D eigenvalue weighted by molar-refractivity contribution is 5.48. The van der Waals surface area contributed by atoms with Gasteiger partial charge in [0.15, 0.2) is 0 Å². The van der Waals surface area contributed by atoms with Crippen LogP contribution in [-0.2, 0) is 11.3 Å². The third-order valence-corrected chi connectivity index (χ3v) is 3.46. The molecule has 0 amide bonds. The molecule has 0 aromatic heterocycles. The van der Waals surface area contributed by atoms with Crippen LogP contribution in [0.2, 0.25) is 0 Å². The first-order valence-corrected chi connectivity index (χ1v) is 6.71. The highest BCUT2D eigenvalue weighted by atomic mass is 16.7. The van der Waals surface area contributed by atoms with Gasteiger partial charge in [-0.15, -0.1) is 0 Å². The van der Waals surface area contributed by atoms with E-state index in [0.717, 1.165) is 5.75 Å². The highest BCUT2D eigenvalue weighted by Gasteiger charge is 2.33. The molecule has 0 spiro atoms. The zero-order chi connectivity index (χ0) is 13.5. The van der Waals surface area contributed by atoms with Crippen LogP contribution in [0, 0.1) is 12.3 Å². The minimum Gasteiger partial charge on any atom is -0.464 e. The van der Waals surface area contributed by atoms with Crippen molar-refractivity contribution in [3.05, 3.63) is 28.8 Å². The van der Waals surface area contributed by atoms with Crippen molar-refractivity contribution in [1.82, 2.24) is 0 Å². The molecule has 1 aromatic carbocycles. The third kappa shape index (κ3) is 2.39. The maximum absolute atomic E-state index is 6.15. The van der Waals surface area contributed by atoms with E-state index in [2.05, 4.69) is 53.7 Å². The Kier molecular flexibility index (Phi) is 3.41. The lowest BCUT2D eigenvalue weighted by Gasteiger charge is -2.36. The number of hydrogen-bond acceptors (Lipinski definition) is 2. The Bertz CT molecular complexity index is 441. The van der Waals surface area contributed by atoms with Crippen molar-refractivity contribution in [3.63, 3.8) is 0 Å². The number of rotatable bonds is 1. The monoisotopic (exact) mass is 248 g/mol. The van der Waals surface area contributed by atoms with Crippen molar-refractivity contribution >= 4 is 0 Å². The van der Waals surface area contributed by atoms with Crippen molar-refractivity contribution in [2.24, 2.45) is 5.41 Å². The molecule has 0 saturated heterocycles.